The number of esters is 1. The number of halogens is 3. The Labute approximate surface area is 151 Å². The third-order valence-corrected chi connectivity index (χ3v) is 4.57. The van der Waals surface area contributed by atoms with E-state index in [0.29, 0.717) is 11.5 Å². The van der Waals surface area contributed by atoms with Gasteiger partial charge in [-0.25, -0.2) is 4.98 Å². The lowest BCUT2D eigenvalue weighted by Gasteiger charge is -2.28. The van der Waals surface area contributed by atoms with Crippen molar-refractivity contribution in [1.29, 1.82) is 0 Å². The van der Waals surface area contributed by atoms with E-state index in [2.05, 4.69) is 17.2 Å². The molecule has 0 amide bonds. The highest BCUT2D eigenvalue weighted by molar-refractivity contribution is 5.65. The number of nitrogens with zero attached hydrogens (tertiary/aromatic N) is 1. The minimum Gasteiger partial charge on any atom is -0.474 e. The molecule has 0 aliphatic heterocycles. The van der Waals surface area contributed by atoms with Gasteiger partial charge < -0.3 is 9.47 Å². The summed E-state index contributed by atoms with van der Waals surface area (Å²) < 4.78 is 49.5. The van der Waals surface area contributed by atoms with Crippen LogP contribution in [0.2, 0.25) is 0 Å². The highest BCUT2D eigenvalue weighted by Gasteiger charge is 2.33. The molecule has 1 N–H and O–H groups in total. The Morgan fingerprint density at radius 2 is 1.96 bits per heavy atom. The summed E-state index contributed by atoms with van der Waals surface area (Å²) >= 11 is 0. The Balaban J connectivity index is 2.07. The van der Waals surface area contributed by atoms with Crippen LogP contribution >= 0.6 is 0 Å². The fourth-order valence-corrected chi connectivity index (χ4v) is 3.02. The number of carbonyl (C=O) groups is 1. The molecular weight excluding hydrogens is 349 g/mol. The van der Waals surface area contributed by atoms with Gasteiger partial charge in [-0.1, -0.05) is 19.4 Å². The van der Waals surface area contributed by atoms with Crippen molar-refractivity contribution < 1.29 is 27.4 Å². The minimum absolute atomic E-state index is 0.00454. The monoisotopic (exact) mass is 374 g/mol. The first-order valence-electron chi connectivity index (χ1n) is 8.87. The van der Waals surface area contributed by atoms with Crippen LogP contribution in [0.15, 0.2) is 12.1 Å². The van der Waals surface area contributed by atoms with Crippen LogP contribution in [-0.4, -0.2) is 23.8 Å². The quantitative estimate of drug-likeness (QED) is 0.443. The summed E-state index contributed by atoms with van der Waals surface area (Å²) in [5.41, 5.74) is -0.471. The lowest BCUT2D eigenvalue weighted by Crippen LogP contribution is -2.26. The third-order valence-electron chi connectivity index (χ3n) is 4.57. The normalized spacial score (nSPS) is 20.7. The lowest BCUT2D eigenvalue weighted by atomic mass is 9.86. The number of pyridine rings is 1. The largest absolute Gasteiger partial charge is 0.474 e. The van der Waals surface area contributed by atoms with Crippen LogP contribution in [0.5, 0.6) is 5.88 Å². The molecule has 0 saturated heterocycles. The van der Waals surface area contributed by atoms with Gasteiger partial charge in [0.05, 0.1) is 0 Å². The van der Waals surface area contributed by atoms with Crippen molar-refractivity contribution in [1.82, 2.24) is 10.3 Å². The second-order valence-corrected chi connectivity index (χ2v) is 6.53. The Kier molecular flexibility index (Phi) is 7.25. The van der Waals surface area contributed by atoms with E-state index >= 15 is 0 Å². The summed E-state index contributed by atoms with van der Waals surface area (Å²) in [6.45, 7) is 3.59. The van der Waals surface area contributed by atoms with Crippen molar-refractivity contribution in [2.75, 3.05) is 6.73 Å². The zero-order valence-corrected chi connectivity index (χ0v) is 15.1. The molecule has 0 aromatic carbocycles. The molecule has 0 radical (unpaired) electrons. The smallest absolute Gasteiger partial charge is 0.433 e. The van der Waals surface area contributed by atoms with Gasteiger partial charge in [0.15, 0.2) is 0 Å². The summed E-state index contributed by atoms with van der Waals surface area (Å²) in [5.74, 6) is 0.219. The van der Waals surface area contributed by atoms with Crippen molar-refractivity contribution in [3.63, 3.8) is 0 Å². The van der Waals surface area contributed by atoms with E-state index in [1.165, 1.54) is 13.0 Å². The molecule has 1 fully saturated rings. The molecule has 26 heavy (non-hydrogen) atoms. The fraction of sp³-hybridized carbons (Fsp3) is 0.667. The van der Waals surface area contributed by atoms with E-state index in [4.69, 9.17) is 9.47 Å². The summed E-state index contributed by atoms with van der Waals surface area (Å²) in [7, 11) is 0. The van der Waals surface area contributed by atoms with E-state index in [-0.39, 0.29) is 25.3 Å². The Morgan fingerprint density at radius 1 is 1.27 bits per heavy atom. The fourth-order valence-electron chi connectivity index (χ4n) is 3.02. The molecule has 1 saturated carbocycles. The zero-order chi connectivity index (χ0) is 19.2. The van der Waals surface area contributed by atoms with Crippen molar-refractivity contribution in [2.45, 2.75) is 64.8 Å². The van der Waals surface area contributed by atoms with E-state index < -0.39 is 17.8 Å². The second kappa shape index (κ2) is 9.21. The molecule has 0 spiro atoms. The van der Waals surface area contributed by atoms with Gasteiger partial charge in [-0.05, 0) is 37.7 Å². The Hall–Kier alpha value is -1.83. The predicted molar refractivity (Wildman–Crippen MR) is 89.4 cm³/mol. The molecule has 5 nitrogen and oxygen atoms in total. The van der Waals surface area contributed by atoms with Gasteiger partial charge in [-0.3, -0.25) is 10.1 Å². The standard InChI is InChI=1S/C18H25F3N2O3/c1-3-13-4-7-15(8-5-13)26-17-14(10-22-11-25-12(2)24)6-9-16(23-17)18(19,20)21/h6,9,13,15,22H,3-5,7-8,10-11H2,1-2H3. The molecule has 2 rings (SSSR count). The summed E-state index contributed by atoms with van der Waals surface area (Å²) in [4.78, 5) is 14.5. The minimum atomic E-state index is -4.53. The molecule has 1 aliphatic rings. The summed E-state index contributed by atoms with van der Waals surface area (Å²) in [5, 5.41) is 2.84. The number of aromatic nitrogens is 1. The third kappa shape index (κ3) is 6.16. The van der Waals surface area contributed by atoms with Crippen molar-refractivity contribution in [2.24, 2.45) is 5.92 Å². The highest BCUT2D eigenvalue weighted by atomic mass is 19.4. The van der Waals surface area contributed by atoms with Crippen molar-refractivity contribution in [3.05, 3.63) is 23.4 Å². The molecule has 0 unspecified atom stereocenters. The number of hydrogen-bond donors (Lipinski definition) is 1. The van der Waals surface area contributed by atoms with Crippen molar-refractivity contribution >= 4 is 5.97 Å². The molecule has 8 heteroatoms. The van der Waals surface area contributed by atoms with E-state index in [1.807, 2.05) is 0 Å². The number of rotatable bonds is 7. The first-order valence-corrected chi connectivity index (χ1v) is 8.87. The van der Waals surface area contributed by atoms with Crippen molar-refractivity contribution in [3.8, 4) is 5.88 Å². The zero-order valence-electron chi connectivity index (χ0n) is 15.1. The van der Waals surface area contributed by atoms with Gasteiger partial charge in [0.1, 0.15) is 18.5 Å². The number of ether oxygens (including phenoxy) is 2. The SMILES string of the molecule is CCC1CCC(Oc2nc(C(F)(F)F)ccc2CNCOC(C)=O)CC1. The van der Waals surface area contributed by atoms with Gasteiger partial charge in [0.25, 0.3) is 0 Å². The van der Waals surface area contributed by atoms with Crippen LogP contribution in [0.25, 0.3) is 0 Å². The molecule has 1 aliphatic carbocycles. The Bertz CT molecular complexity index is 600. The number of nitrogens with one attached hydrogen (secondary N) is 1. The Morgan fingerprint density at radius 3 is 2.54 bits per heavy atom. The van der Waals surface area contributed by atoms with E-state index in [1.54, 1.807) is 0 Å². The molecule has 0 atom stereocenters. The average molecular weight is 374 g/mol. The van der Waals surface area contributed by atoms with Gasteiger partial charge in [0, 0.05) is 19.0 Å². The van der Waals surface area contributed by atoms with Gasteiger partial charge in [0.2, 0.25) is 5.88 Å². The molecule has 146 valence electrons. The average Bonchev–Trinajstić information content (AvgIpc) is 2.59. The summed E-state index contributed by atoms with van der Waals surface area (Å²) in [6.07, 6.45) is 0.121. The maximum atomic E-state index is 13.0. The van der Waals surface area contributed by atoms with Gasteiger partial charge in [-0.2, -0.15) is 13.2 Å². The second-order valence-electron chi connectivity index (χ2n) is 6.53. The molecular formula is C18H25F3N2O3. The first-order chi connectivity index (χ1) is 12.3. The highest BCUT2D eigenvalue weighted by Crippen LogP contribution is 2.33. The van der Waals surface area contributed by atoms with E-state index in [0.717, 1.165) is 38.2 Å². The number of alkyl halides is 3. The van der Waals surface area contributed by atoms with Crippen LogP contribution < -0.4 is 10.1 Å². The molecule has 1 aromatic heterocycles. The number of hydrogen-bond acceptors (Lipinski definition) is 5. The van der Waals surface area contributed by atoms with Gasteiger partial charge in [-0.15, -0.1) is 0 Å². The topological polar surface area (TPSA) is 60.4 Å². The maximum absolute atomic E-state index is 13.0. The van der Waals surface area contributed by atoms with Crippen LogP contribution in [0.1, 0.15) is 57.2 Å². The van der Waals surface area contributed by atoms with Crippen LogP contribution in [0.3, 0.4) is 0 Å². The molecule has 1 aromatic rings. The predicted octanol–water partition coefficient (Wildman–Crippen LogP) is 4.06. The summed E-state index contributed by atoms with van der Waals surface area (Å²) in [6, 6.07) is 2.29. The number of carbonyl (C=O) groups excluding carboxylic acids is 1. The maximum Gasteiger partial charge on any atom is 0.433 e. The first kappa shape index (κ1) is 20.5. The lowest BCUT2D eigenvalue weighted by molar-refractivity contribution is -0.142. The molecule has 1 heterocycles. The molecule has 0 bridgehead atoms. The van der Waals surface area contributed by atoms with E-state index in [9.17, 15) is 18.0 Å². The van der Waals surface area contributed by atoms with Crippen LogP contribution in [0.4, 0.5) is 13.2 Å². The van der Waals surface area contributed by atoms with Crippen LogP contribution in [0, 0.1) is 5.92 Å². The van der Waals surface area contributed by atoms with Gasteiger partial charge >= 0.3 is 12.1 Å². The van der Waals surface area contributed by atoms with Crippen LogP contribution in [-0.2, 0) is 22.3 Å².